The highest BCUT2D eigenvalue weighted by atomic mass is 32.2. The first-order chi connectivity index (χ1) is 7.57. The monoisotopic (exact) mass is 249 g/mol. The van der Waals surface area contributed by atoms with Crippen LogP contribution in [0.15, 0.2) is 0 Å². The highest BCUT2D eigenvalue weighted by Crippen LogP contribution is 2.24. The summed E-state index contributed by atoms with van der Waals surface area (Å²) in [6, 6.07) is 0.424. The topological polar surface area (TPSA) is 55.4 Å². The van der Waals surface area contributed by atoms with Crippen molar-refractivity contribution in [3.63, 3.8) is 0 Å². The van der Waals surface area contributed by atoms with Crippen molar-refractivity contribution in [1.82, 2.24) is 5.32 Å². The molecule has 0 aromatic rings. The van der Waals surface area contributed by atoms with Crippen molar-refractivity contribution in [3.8, 4) is 0 Å². The molecule has 96 valence electrons. The Morgan fingerprint density at radius 1 is 1.50 bits per heavy atom. The van der Waals surface area contributed by atoms with Crippen LogP contribution in [0.4, 0.5) is 0 Å². The van der Waals surface area contributed by atoms with Crippen LogP contribution in [0.1, 0.15) is 25.7 Å². The SMILES string of the molecule is CNC(CCCOC)CC1CCS(=O)(=O)C1. The quantitative estimate of drug-likeness (QED) is 0.679. The molecule has 1 heterocycles. The van der Waals surface area contributed by atoms with Crippen LogP contribution in [0.25, 0.3) is 0 Å². The molecule has 5 heteroatoms. The number of rotatable bonds is 7. The van der Waals surface area contributed by atoms with Gasteiger partial charge in [-0.05, 0) is 38.6 Å². The van der Waals surface area contributed by atoms with E-state index in [1.54, 1.807) is 7.11 Å². The minimum Gasteiger partial charge on any atom is -0.385 e. The van der Waals surface area contributed by atoms with Crippen molar-refractivity contribution in [3.05, 3.63) is 0 Å². The van der Waals surface area contributed by atoms with Crippen molar-refractivity contribution in [2.75, 3.05) is 32.3 Å². The van der Waals surface area contributed by atoms with Gasteiger partial charge in [0.1, 0.15) is 0 Å². The van der Waals surface area contributed by atoms with Crippen LogP contribution in [-0.2, 0) is 14.6 Å². The number of methoxy groups -OCH3 is 1. The molecule has 1 rings (SSSR count). The van der Waals surface area contributed by atoms with Crippen LogP contribution >= 0.6 is 0 Å². The summed E-state index contributed by atoms with van der Waals surface area (Å²) in [5, 5.41) is 3.26. The summed E-state index contributed by atoms with van der Waals surface area (Å²) in [5.41, 5.74) is 0. The highest BCUT2D eigenvalue weighted by molar-refractivity contribution is 7.91. The lowest BCUT2D eigenvalue weighted by molar-refractivity contribution is 0.187. The molecular weight excluding hydrogens is 226 g/mol. The van der Waals surface area contributed by atoms with Gasteiger partial charge >= 0.3 is 0 Å². The number of hydrogen-bond donors (Lipinski definition) is 1. The lowest BCUT2D eigenvalue weighted by Gasteiger charge is -2.19. The van der Waals surface area contributed by atoms with E-state index in [1.807, 2.05) is 7.05 Å². The molecule has 1 fully saturated rings. The van der Waals surface area contributed by atoms with Gasteiger partial charge in [-0.1, -0.05) is 0 Å². The van der Waals surface area contributed by atoms with E-state index in [2.05, 4.69) is 5.32 Å². The van der Waals surface area contributed by atoms with Crippen molar-refractivity contribution >= 4 is 9.84 Å². The molecule has 0 aromatic heterocycles. The Balaban J connectivity index is 2.28. The fourth-order valence-electron chi connectivity index (χ4n) is 2.31. The first kappa shape index (κ1) is 13.9. The molecule has 0 bridgehead atoms. The number of hydrogen-bond acceptors (Lipinski definition) is 4. The predicted octanol–water partition coefficient (Wildman–Crippen LogP) is 0.826. The molecule has 0 aromatic carbocycles. The predicted molar refractivity (Wildman–Crippen MR) is 65.3 cm³/mol. The van der Waals surface area contributed by atoms with E-state index in [0.29, 0.717) is 23.5 Å². The van der Waals surface area contributed by atoms with Gasteiger partial charge in [-0.3, -0.25) is 0 Å². The molecule has 1 aliphatic heterocycles. The maximum Gasteiger partial charge on any atom is 0.150 e. The molecular formula is C11H23NO3S. The first-order valence-electron chi connectivity index (χ1n) is 5.94. The molecule has 0 saturated carbocycles. The van der Waals surface area contributed by atoms with Gasteiger partial charge in [-0.2, -0.15) is 0 Å². The molecule has 2 atom stereocenters. The van der Waals surface area contributed by atoms with E-state index in [-0.39, 0.29) is 0 Å². The zero-order valence-electron chi connectivity index (χ0n) is 10.2. The van der Waals surface area contributed by atoms with Crippen molar-refractivity contribution in [2.45, 2.75) is 31.7 Å². The normalized spacial score (nSPS) is 25.8. The minimum atomic E-state index is -2.73. The van der Waals surface area contributed by atoms with Gasteiger partial charge in [0, 0.05) is 19.8 Å². The fourth-order valence-corrected chi connectivity index (χ4v) is 4.19. The molecule has 16 heavy (non-hydrogen) atoms. The molecule has 0 aliphatic carbocycles. The summed E-state index contributed by atoms with van der Waals surface area (Å²) in [6.07, 6.45) is 3.90. The van der Waals surface area contributed by atoms with Crippen LogP contribution in [0.3, 0.4) is 0 Å². The van der Waals surface area contributed by atoms with Gasteiger partial charge in [0.15, 0.2) is 9.84 Å². The average molecular weight is 249 g/mol. The third-order valence-corrected chi connectivity index (χ3v) is 5.09. The van der Waals surface area contributed by atoms with Gasteiger partial charge in [-0.15, -0.1) is 0 Å². The van der Waals surface area contributed by atoms with E-state index in [9.17, 15) is 8.42 Å². The molecule has 1 saturated heterocycles. The average Bonchev–Trinajstić information content (AvgIpc) is 2.57. The third-order valence-electron chi connectivity index (χ3n) is 3.25. The Morgan fingerprint density at radius 2 is 2.25 bits per heavy atom. The second kappa shape index (κ2) is 6.57. The summed E-state index contributed by atoms with van der Waals surface area (Å²) >= 11 is 0. The highest BCUT2D eigenvalue weighted by Gasteiger charge is 2.29. The molecule has 4 nitrogen and oxygen atoms in total. The van der Waals surface area contributed by atoms with Crippen molar-refractivity contribution in [2.24, 2.45) is 5.92 Å². The summed E-state index contributed by atoms with van der Waals surface area (Å²) in [6.45, 7) is 0.779. The van der Waals surface area contributed by atoms with Crippen LogP contribution in [-0.4, -0.2) is 46.7 Å². The van der Waals surface area contributed by atoms with Crippen molar-refractivity contribution in [1.29, 1.82) is 0 Å². The molecule has 0 amide bonds. The zero-order valence-corrected chi connectivity index (χ0v) is 11.1. The van der Waals surface area contributed by atoms with Gasteiger partial charge in [0.2, 0.25) is 0 Å². The van der Waals surface area contributed by atoms with E-state index < -0.39 is 9.84 Å². The van der Waals surface area contributed by atoms with E-state index in [1.165, 1.54) is 0 Å². The molecule has 1 aliphatic rings. The molecule has 2 unspecified atom stereocenters. The van der Waals surface area contributed by atoms with E-state index >= 15 is 0 Å². The number of ether oxygens (including phenoxy) is 1. The Morgan fingerprint density at radius 3 is 2.75 bits per heavy atom. The standard InChI is InChI=1S/C11H23NO3S/c1-12-11(4-3-6-15-2)8-10-5-7-16(13,14)9-10/h10-12H,3-9H2,1-2H3. The second-order valence-corrected chi connectivity index (χ2v) is 6.85. The lowest BCUT2D eigenvalue weighted by atomic mass is 9.96. The van der Waals surface area contributed by atoms with E-state index in [0.717, 1.165) is 32.3 Å². The van der Waals surface area contributed by atoms with Crippen LogP contribution < -0.4 is 5.32 Å². The third kappa shape index (κ3) is 4.80. The smallest absolute Gasteiger partial charge is 0.150 e. The molecule has 1 N–H and O–H groups in total. The Kier molecular flexibility index (Phi) is 5.72. The zero-order chi connectivity index (χ0) is 12.0. The second-order valence-electron chi connectivity index (χ2n) is 4.63. The maximum absolute atomic E-state index is 11.3. The van der Waals surface area contributed by atoms with Gasteiger partial charge < -0.3 is 10.1 Å². The number of nitrogens with one attached hydrogen (secondary N) is 1. The summed E-state index contributed by atoms with van der Waals surface area (Å²) in [4.78, 5) is 0. The summed E-state index contributed by atoms with van der Waals surface area (Å²) in [7, 11) is 0.925. The largest absolute Gasteiger partial charge is 0.385 e. The summed E-state index contributed by atoms with van der Waals surface area (Å²) in [5.74, 6) is 1.12. The fraction of sp³-hybridized carbons (Fsp3) is 1.00. The summed E-state index contributed by atoms with van der Waals surface area (Å²) < 4.78 is 27.7. The first-order valence-corrected chi connectivity index (χ1v) is 7.76. The van der Waals surface area contributed by atoms with Gasteiger partial charge in [0.25, 0.3) is 0 Å². The maximum atomic E-state index is 11.3. The van der Waals surface area contributed by atoms with Crippen molar-refractivity contribution < 1.29 is 13.2 Å². The van der Waals surface area contributed by atoms with E-state index in [4.69, 9.17) is 4.74 Å². The lowest BCUT2D eigenvalue weighted by Crippen LogP contribution is -2.28. The van der Waals surface area contributed by atoms with Crippen LogP contribution in [0, 0.1) is 5.92 Å². The molecule has 0 radical (unpaired) electrons. The van der Waals surface area contributed by atoms with Gasteiger partial charge in [-0.25, -0.2) is 8.42 Å². The van der Waals surface area contributed by atoms with Gasteiger partial charge in [0.05, 0.1) is 11.5 Å². The van der Waals surface area contributed by atoms with Crippen LogP contribution in [0.2, 0.25) is 0 Å². The minimum absolute atomic E-state index is 0.352. The molecule has 0 spiro atoms. The Labute approximate surface area is 98.7 Å². The van der Waals surface area contributed by atoms with Crippen LogP contribution in [0.5, 0.6) is 0 Å². The Bertz CT molecular complexity index is 290. The number of sulfone groups is 1. The Hall–Kier alpha value is -0.130.